The quantitative estimate of drug-likeness (QED) is 0.834. The van der Waals surface area contributed by atoms with E-state index in [0.29, 0.717) is 12.0 Å². The first kappa shape index (κ1) is 14.3. The van der Waals surface area contributed by atoms with Gasteiger partial charge in [0, 0.05) is 18.6 Å². The summed E-state index contributed by atoms with van der Waals surface area (Å²) >= 11 is 0. The Morgan fingerprint density at radius 2 is 1.94 bits per heavy atom. The molecule has 0 spiro atoms. The summed E-state index contributed by atoms with van der Waals surface area (Å²) in [4.78, 5) is 5.38. The summed E-state index contributed by atoms with van der Waals surface area (Å²) in [6.45, 7) is 11.0. The highest BCUT2D eigenvalue weighted by Gasteiger charge is 2.29. The maximum atomic E-state index is 6.13. The first-order chi connectivity index (χ1) is 8.70. The molecule has 18 heavy (non-hydrogen) atoms. The van der Waals surface area contributed by atoms with E-state index in [2.05, 4.69) is 23.6 Å². The van der Waals surface area contributed by atoms with Gasteiger partial charge >= 0.3 is 0 Å². The molecule has 2 rings (SSSR count). The lowest BCUT2D eigenvalue weighted by Gasteiger charge is -2.39. The maximum Gasteiger partial charge on any atom is 0.0108 e. The third kappa shape index (κ3) is 3.69. The van der Waals surface area contributed by atoms with Gasteiger partial charge in [0.05, 0.1) is 0 Å². The van der Waals surface area contributed by atoms with E-state index in [4.69, 9.17) is 5.73 Å². The SMILES string of the molecule is CCCN1CCCC(N2CCC(N)C(C)C2)CC1. The minimum Gasteiger partial charge on any atom is -0.327 e. The Morgan fingerprint density at radius 1 is 1.11 bits per heavy atom. The fourth-order valence-electron chi connectivity index (χ4n) is 3.57. The molecule has 0 aromatic carbocycles. The highest BCUT2D eigenvalue weighted by atomic mass is 15.2. The lowest BCUT2D eigenvalue weighted by atomic mass is 9.92. The van der Waals surface area contributed by atoms with Crippen molar-refractivity contribution < 1.29 is 0 Å². The van der Waals surface area contributed by atoms with E-state index in [-0.39, 0.29) is 0 Å². The molecular weight excluding hydrogens is 222 g/mol. The zero-order valence-corrected chi connectivity index (χ0v) is 12.3. The van der Waals surface area contributed by atoms with E-state index < -0.39 is 0 Å². The predicted molar refractivity (Wildman–Crippen MR) is 77.7 cm³/mol. The summed E-state index contributed by atoms with van der Waals surface area (Å²) in [5.41, 5.74) is 6.13. The molecule has 0 aromatic heterocycles. The van der Waals surface area contributed by atoms with Crippen LogP contribution in [0.15, 0.2) is 0 Å². The molecule has 106 valence electrons. The van der Waals surface area contributed by atoms with E-state index in [1.807, 2.05) is 0 Å². The Hall–Kier alpha value is -0.120. The van der Waals surface area contributed by atoms with Gasteiger partial charge in [0.15, 0.2) is 0 Å². The van der Waals surface area contributed by atoms with Crippen molar-refractivity contribution in [3.05, 3.63) is 0 Å². The van der Waals surface area contributed by atoms with Crippen molar-refractivity contribution in [2.45, 2.75) is 58.0 Å². The molecule has 0 aromatic rings. The number of nitrogens with zero attached hydrogens (tertiary/aromatic N) is 2. The Labute approximate surface area is 113 Å². The van der Waals surface area contributed by atoms with Crippen LogP contribution < -0.4 is 5.73 Å². The van der Waals surface area contributed by atoms with Crippen molar-refractivity contribution in [1.82, 2.24) is 9.80 Å². The third-order valence-corrected chi connectivity index (χ3v) is 4.85. The third-order valence-electron chi connectivity index (χ3n) is 4.85. The zero-order chi connectivity index (χ0) is 13.0. The fraction of sp³-hybridized carbons (Fsp3) is 1.00. The fourth-order valence-corrected chi connectivity index (χ4v) is 3.57. The summed E-state index contributed by atoms with van der Waals surface area (Å²) in [6, 6.07) is 1.26. The van der Waals surface area contributed by atoms with Gasteiger partial charge in [0.2, 0.25) is 0 Å². The van der Waals surface area contributed by atoms with Gasteiger partial charge < -0.3 is 10.6 Å². The van der Waals surface area contributed by atoms with Gasteiger partial charge in [-0.2, -0.15) is 0 Å². The summed E-state index contributed by atoms with van der Waals surface area (Å²) in [6.07, 6.45) is 6.61. The smallest absolute Gasteiger partial charge is 0.0108 e. The van der Waals surface area contributed by atoms with Crippen LogP contribution in [0.5, 0.6) is 0 Å². The van der Waals surface area contributed by atoms with Crippen molar-refractivity contribution >= 4 is 0 Å². The summed E-state index contributed by atoms with van der Waals surface area (Å²) in [5.74, 6) is 0.675. The van der Waals surface area contributed by atoms with Gasteiger partial charge in [-0.05, 0) is 64.2 Å². The Kier molecular flexibility index (Phi) is 5.46. The normalized spacial score (nSPS) is 36.5. The molecule has 0 bridgehead atoms. The van der Waals surface area contributed by atoms with Crippen molar-refractivity contribution in [3.63, 3.8) is 0 Å². The average molecular weight is 253 g/mol. The second kappa shape index (κ2) is 6.88. The molecule has 2 N–H and O–H groups in total. The highest BCUT2D eigenvalue weighted by molar-refractivity contribution is 4.85. The molecule has 2 saturated heterocycles. The molecule has 3 heteroatoms. The molecular formula is C15H31N3. The van der Waals surface area contributed by atoms with E-state index in [9.17, 15) is 0 Å². The van der Waals surface area contributed by atoms with E-state index in [1.54, 1.807) is 0 Å². The van der Waals surface area contributed by atoms with Crippen LogP contribution in [0.2, 0.25) is 0 Å². The first-order valence-corrected chi connectivity index (χ1v) is 7.92. The molecule has 0 radical (unpaired) electrons. The Balaban J connectivity index is 1.82. The van der Waals surface area contributed by atoms with Crippen LogP contribution >= 0.6 is 0 Å². The van der Waals surface area contributed by atoms with Gasteiger partial charge in [-0.25, -0.2) is 0 Å². The van der Waals surface area contributed by atoms with Gasteiger partial charge in [-0.3, -0.25) is 4.90 Å². The van der Waals surface area contributed by atoms with Crippen LogP contribution in [0.25, 0.3) is 0 Å². The minimum absolute atomic E-state index is 0.434. The molecule has 0 aliphatic carbocycles. The molecule has 3 atom stereocenters. The van der Waals surface area contributed by atoms with Crippen molar-refractivity contribution in [2.75, 3.05) is 32.7 Å². The van der Waals surface area contributed by atoms with Crippen molar-refractivity contribution in [2.24, 2.45) is 11.7 Å². The highest BCUT2D eigenvalue weighted by Crippen LogP contribution is 2.23. The predicted octanol–water partition coefficient (Wildman–Crippen LogP) is 1.92. The summed E-state index contributed by atoms with van der Waals surface area (Å²) in [7, 11) is 0. The average Bonchev–Trinajstić information content (AvgIpc) is 2.59. The minimum atomic E-state index is 0.434. The van der Waals surface area contributed by atoms with Crippen LogP contribution in [0, 0.1) is 5.92 Å². The molecule has 2 heterocycles. The monoisotopic (exact) mass is 253 g/mol. The summed E-state index contributed by atoms with van der Waals surface area (Å²) in [5, 5.41) is 0. The number of hydrogen-bond acceptors (Lipinski definition) is 3. The standard InChI is InChI=1S/C15H31N3/c1-3-8-17-9-4-5-14(6-10-17)18-11-7-15(16)13(2)12-18/h13-15H,3-12,16H2,1-2H3. The number of likely N-dealkylation sites (tertiary alicyclic amines) is 2. The van der Waals surface area contributed by atoms with Gasteiger partial charge in [-0.1, -0.05) is 13.8 Å². The number of rotatable bonds is 3. The maximum absolute atomic E-state index is 6.13. The molecule has 2 aliphatic heterocycles. The molecule has 2 fully saturated rings. The van der Waals surface area contributed by atoms with Crippen molar-refractivity contribution in [3.8, 4) is 0 Å². The second-order valence-electron chi connectivity index (χ2n) is 6.35. The lowest BCUT2D eigenvalue weighted by Crippen LogP contribution is -2.49. The zero-order valence-electron chi connectivity index (χ0n) is 12.3. The van der Waals surface area contributed by atoms with E-state index in [0.717, 1.165) is 6.04 Å². The van der Waals surface area contributed by atoms with E-state index >= 15 is 0 Å². The van der Waals surface area contributed by atoms with E-state index in [1.165, 1.54) is 64.8 Å². The number of piperidine rings is 1. The topological polar surface area (TPSA) is 32.5 Å². The largest absolute Gasteiger partial charge is 0.327 e. The van der Waals surface area contributed by atoms with Crippen LogP contribution in [0.4, 0.5) is 0 Å². The lowest BCUT2D eigenvalue weighted by molar-refractivity contribution is 0.106. The first-order valence-electron chi connectivity index (χ1n) is 7.92. The molecule has 0 amide bonds. The Bertz CT molecular complexity index is 244. The second-order valence-corrected chi connectivity index (χ2v) is 6.35. The van der Waals surface area contributed by atoms with Crippen LogP contribution in [0.1, 0.15) is 46.0 Å². The molecule has 0 saturated carbocycles. The van der Waals surface area contributed by atoms with Crippen LogP contribution in [-0.2, 0) is 0 Å². The Morgan fingerprint density at radius 3 is 2.67 bits per heavy atom. The van der Waals surface area contributed by atoms with Gasteiger partial charge in [-0.15, -0.1) is 0 Å². The number of nitrogens with two attached hydrogens (primary N) is 1. The molecule has 2 aliphatic rings. The van der Waals surface area contributed by atoms with Crippen LogP contribution in [-0.4, -0.2) is 54.6 Å². The number of hydrogen-bond donors (Lipinski definition) is 1. The molecule has 3 unspecified atom stereocenters. The molecule has 3 nitrogen and oxygen atoms in total. The van der Waals surface area contributed by atoms with Crippen LogP contribution in [0.3, 0.4) is 0 Å². The van der Waals surface area contributed by atoms with Crippen molar-refractivity contribution in [1.29, 1.82) is 0 Å². The van der Waals surface area contributed by atoms with Gasteiger partial charge in [0.25, 0.3) is 0 Å². The van der Waals surface area contributed by atoms with Gasteiger partial charge in [0.1, 0.15) is 0 Å². The summed E-state index contributed by atoms with van der Waals surface area (Å²) < 4.78 is 0.